The van der Waals surface area contributed by atoms with Crippen molar-refractivity contribution in [1.82, 2.24) is 0 Å². The molecule has 0 aromatic heterocycles. The lowest BCUT2D eigenvalue weighted by atomic mass is 10.3. The van der Waals surface area contributed by atoms with Crippen LogP contribution in [0.3, 0.4) is 0 Å². The fraction of sp³-hybridized carbons (Fsp3) is 0.174. The number of benzene rings is 3. The van der Waals surface area contributed by atoms with E-state index in [4.69, 9.17) is 14.2 Å². The van der Waals surface area contributed by atoms with Gasteiger partial charge in [-0.2, -0.15) is 4.99 Å². The van der Waals surface area contributed by atoms with E-state index in [1.165, 1.54) is 0 Å². The molecule has 0 aliphatic carbocycles. The van der Waals surface area contributed by atoms with Crippen molar-refractivity contribution in [2.45, 2.75) is 0 Å². The predicted octanol–water partition coefficient (Wildman–Crippen LogP) is 0.304. The highest BCUT2D eigenvalue weighted by molar-refractivity contribution is 7.95. The van der Waals surface area contributed by atoms with Crippen LogP contribution in [0.1, 0.15) is 0 Å². The van der Waals surface area contributed by atoms with Crippen molar-refractivity contribution >= 4 is 29.3 Å². The maximum absolute atomic E-state index is 11.1. The minimum atomic E-state index is -2.26. The number of ether oxygens (including phenoxy) is 3. The first-order valence-corrected chi connectivity index (χ1v) is 11.0. The van der Waals surface area contributed by atoms with Gasteiger partial charge in [0.05, 0.1) is 21.3 Å². The highest BCUT2D eigenvalue weighted by Gasteiger charge is 2.45. The SMILES string of the molecule is COc1ccc([P+](CN=C=O)(c2ccc(OC)cc2)c2ccc(OC)cc2)cc1.[Cl-]. The molecule has 0 fully saturated rings. The standard InChI is InChI=1S/C23H23NO4P.ClH/c1-26-18-4-10-21(11-5-18)29(17-24-16-25,22-12-6-19(27-2)7-13-22)23-14-8-20(28-3)9-15-23;/h4-15H,17H2,1-3H3;1H/q+1;/p-1. The number of carbonyl (C=O) groups excluding carboxylic acids is 1. The topological polar surface area (TPSA) is 57.1 Å². The zero-order chi connectivity index (χ0) is 20.7. The Labute approximate surface area is 183 Å². The molecule has 3 rings (SSSR count). The lowest BCUT2D eigenvalue weighted by molar-refractivity contribution is -0.00000780. The molecule has 0 bridgehead atoms. The second kappa shape index (κ2) is 10.8. The van der Waals surface area contributed by atoms with E-state index >= 15 is 0 Å². The minimum Gasteiger partial charge on any atom is -1.00 e. The molecule has 0 heterocycles. The van der Waals surface area contributed by atoms with Crippen LogP contribution in [0.25, 0.3) is 0 Å². The van der Waals surface area contributed by atoms with E-state index in [9.17, 15) is 4.79 Å². The van der Waals surface area contributed by atoms with Crippen LogP contribution in [-0.2, 0) is 4.79 Å². The molecule has 0 aliphatic rings. The summed E-state index contributed by atoms with van der Waals surface area (Å²) in [7, 11) is 2.66. The van der Waals surface area contributed by atoms with Crippen LogP contribution in [0.5, 0.6) is 17.2 Å². The summed E-state index contributed by atoms with van der Waals surface area (Å²) in [5, 5.41) is 3.27. The van der Waals surface area contributed by atoms with E-state index in [2.05, 4.69) is 4.99 Å². The van der Waals surface area contributed by atoms with Gasteiger partial charge >= 0.3 is 0 Å². The first-order valence-electron chi connectivity index (χ1n) is 9.03. The molecule has 5 nitrogen and oxygen atoms in total. The van der Waals surface area contributed by atoms with Crippen molar-refractivity contribution in [2.75, 3.05) is 27.6 Å². The Balaban J connectivity index is 0.00000320. The molecular formula is C23H23ClNO4P. The van der Waals surface area contributed by atoms with Crippen LogP contribution >= 0.6 is 7.26 Å². The molecule has 0 saturated heterocycles. The number of hydrogen-bond donors (Lipinski definition) is 0. The maximum Gasteiger partial charge on any atom is 0.238 e. The summed E-state index contributed by atoms with van der Waals surface area (Å²) < 4.78 is 16.0. The molecule has 0 aliphatic heterocycles. The average Bonchev–Trinajstić information content (AvgIpc) is 2.80. The van der Waals surface area contributed by atoms with E-state index in [-0.39, 0.29) is 12.4 Å². The summed E-state index contributed by atoms with van der Waals surface area (Å²) in [6.45, 7) is 0. The zero-order valence-corrected chi connectivity index (χ0v) is 18.7. The van der Waals surface area contributed by atoms with Gasteiger partial charge < -0.3 is 26.6 Å². The molecule has 0 atom stereocenters. The smallest absolute Gasteiger partial charge is 0.238 e. The zero-order valence-electron chi connectivity index (χ0n) is 17.0. The maximum atomic E-state index is 11.1. The Morgan fingerprint density at radius 1 is 0.667 bits per heavy atom. The van der Waals surface area contributed by atoms with Gasteiger partial charge in [0, 0.05) is 0 Å². The van der Waals surface area contributed by atoms with Gasteiger partial charge in [0.1, 0.15) is 40.4 Å². The molecule has 0 unspecified atom stereocenters. The van der Waals surface area contributed by atoms with Crippen LogP contribution in [-0.4, -0.2) is 33.7 Å². The molecule has 3 aromatic rings. The number of nitrogens with zero attached hydrogens (tertiary/aromatic N) is 1. The first-order chi connectivity index (χ1) is 14.2. The first kappa shape index (κ1) is 23.4. The van der Waals surface area contributed by atoms with E-state index in [1.54, 1.807) is 27.4 Å². The van der Waals surface area contributed by atoms with E-state index in [1.807, 2.05) is 72.8 Å². The predicted molar refractivity (Wildman–Crippen MR) is 118 cm³/mol. The molecule has 7 heteroatoms. The molecule has 156 valence electrons. The van der Waals surface area contributed by atoms with Gasteiger partial charge in [-0.05, 0) is 72.8 Å². The molecule has 0 spiro atoms. The molecule has 0 saturated carbocycles. The second-order valence-electron chi connectivity index (χ2n) is 6.29. The number of rotatable bonds is 8. The van der Waals surface area contributed by atoms with Gasteiger partial charge in [-0.25, -0.2) is 4.79 Å². The number of hydrogen-bond acceptors (Lipinski definition) is 5. The normalized spacial score (nSPS) is 10.4. The summed E-state index contributed by atoms with van der Waals surface area (Å²) >= 11 is 0. The van der Waals surface area contributed by atoms with Gasteiger partial charge in [-0.15, -0.1) is 0 Å². The monoisotopic (exact) mass is 443 g/mol. The summed E-state index contributed by atoms with van der Waals surface area (Å²) in [4.78, 5) is 15.2. The van der Waals surface area contributed by atoms with Gasteiger partial charge in [0.2, 0.25) is 6.08 Å². The summed E-state index contributed by atoms with van der Waals surface area (Å²) in [6.07, 6.45) is 2.05. The molecule has 30 heavy (non-hydrogen) atoms. The largest absolute Gasteiger partial charge is 1.00 e. The van der Waals surface area contributed by atoms with Crippen molar-refractivity contribution in [3.8, 4) is 17.2 Å². The van der Waals surface area contributed by atoms with Crippen LogP contribution in [0.4, 0.5) is 0 Å². The Morgan fingerprint density at radius 3 is 1.20 bits per heavy atom. The number of methoxy groups -OCH3 is 3. The second-order valence-corrected chi connectivity index (χ2v) is 9.75. The third-order valence-corrected chi connectivity index (χ3v) is 8.99. The lowest BCUT2D eigenvalue weighted by Gasteiger charge is -2.25. The summed E-state index contributed by atoms with van der Waals surface area (Å²) in [5.74, 6) is 2.32. The highest BCUT2D eigenvalue weighted by Crippen LogP contribution is 2.55. The Bertz CT molecular complexity index is 870. The molecule has 3 aromatic carbocycles. The third-order valence-electron chi connectivity index (χ3n) is 4.89. The molecule has 0 amide bonds. The Hall–Kier alpha value is -2.84. The fourth-order valence-electron chi connectivity index (χ4n) is 3.34. The van der Waals surface area contributed by atoms with Gasteiger partial charge in [0.25, 0.3) is 0 Å². The minimum absolute atomic E-state index is 0. The van der Waals surface area contributed by atoms with Gasteiger partial charge in [-0.3, -0.25) is 0 Å². The van der Waals surface area contributed by atoms with Crippen molar-refractivity contribution in [1.29, 1.82) is 0 Å². The van der Waals surface area contributed by atoms with Crippen LogP contribution in [0.2, 0.25) is 0 Å². The third kappa shape index (κ3) is 4.66. The Kier molecular flexibility index (Phi) is 8.44. The fourth-order valence-corrected chi connectivity index (χ4v) is 6.97. The number of aliphatic imine (C=N–C) groups is 1. The highest BCUT2D eigenvalue weighted by atomic mass is 35.5. The summed E-state index contributed by atoms with van der Waals surface area (Å²) in [6, 6.07) is 23.9. The lowest BCUT2D eigenvalue weighted by Crippen LogP contribution is -3.00. The van der Waals surface area contributed by atoms with Crippen molar-refractivity contribution in [2.24, 2.45) is 4.99 Å². The number of isocyanates is 1. The quantitative estimate of drug-likeness (QED) is 0.285. The van der Waals surface area contributed by atoms with Crippen LogP contribution in [0.15, 0.2) is 77.8 Å². The number of halogens is 1. The van der Waals surface area contributed by atoms with E-state index in [0.29, 0.717) is 6.29 Å². The van der Waals surface area contributed by atoms with Gasteiger partial charge in [-0.1, -0.05) is 0 Å². The molecule has 0 radical (unpaired) electrons. The van der Waals surface area contributed by atoms with E-state index < -0.39 is 7.26 Å². The summed E-state index contributed by atoms with van der Waals surface area (Å²) in [5.41, 5.74) is 0. The van der Waals surface area contributed by atoms with Crippen LogP contribution in [0, 0.1) is 0 Å². The van der Waals surface area contributed by atoms with Crippen molar-refractivity contribution < 1.29 is 31.4 Å². The van der Waals surface area contributed by atoms with Crippen LogP contribution < -0.4 is 42.5 Å². The van der Waals surface area contributed by atoms with Crippen molar-refractivity contribution in [3.63, 3.8) is 0 Å². The molecular weight excluding hydrogens is 421 g/mol. The van der Waals surface area contributed by atoms with Crippen molar-refractivity contribution in [3.05, 3.63) is 72.8 Å². The van der Waals surface area contributed by atoms with Gasteiger partial charge in [0.15, 0.2) is 6.29 Å². The Morgan fingerprint density at radius 2 is 0.967 bits per heavy atom. The molecule has 0 N–H and O–H groups in total. The average molecular weight is 444 g/mol. The van der Waals surface area contributed by atoms with E-state index in [0.717, 1.165) is 33.2 Å².